The van der Waals surface area contributed by atoms with E-state index in [4.69, 9.17) is 4.74 Å². The van der Waals surface area contributed by atoms with E-state index in [0.717, 1.165) is 6.26 Å². The van der Waals surface area contributed by atoms with Gasteiger partial charge in [-0.3, -0.25) is 0 Å². The number of aromatic nitrogens is 1. The van der Waals surface area contributed by atoms with Crippen molar-refractivity contribution in [3.63, 3.8) is 0 Å². The van der Waals surface area contributed by atoms with Crippen LogP contribution in [0.1, 0.15) is 0 Å². The van der Waals surface area contributed by atoms with Crippen molar-refractivity contribution >= 4 is 15.7 Å². The molecule has 0 aliphatic rings. The molecule has 0 amide bonds. The molecule has 0 fully saturated rings. The molecule has 0 aliphatic carbocycles. The Balaban J connectivity index is 2.88. The van der Waals surface area contributed by atoms with Crippen molar-refractivity contribution in [2.75, 3.05) is 31.8 Å². The molecule has 1 heterocycles. The van der Waals surface area contributed by atoms with E-state index in [1.807, 2.05) is 0 Å². The van der Waals surface area contributed by atoms with Crippen LogP contribution in [0.25, 0.3) is 0 Å². The fourth-order valence-electron chi connectivity index (χ4n) is 1.09. The van der Waals surface area contributed by atoms with Gasteiger partial charge in [0.15, 0.2) is 9.84 Å². The van der Waals surface area contributed by atoms with Crippen LogP contribution in [-0.4, -0.2) is 39.9 Å². The normalized spacial score (nSPS) is 11.3. The molecule has 0 atom stereocenters. The third-order valence-corrected chi connectivity index (χ3v) is 2.90. The van der Waals surface area contributed by atoms with Gasteiger partial charge in [-0.2, -0.15) is 0 Å². The van der Waals surface area contributed by atoms with Crippen molar-refractivity contribution in [2.45, 2.75) is 4.90 Å². The number of hydrogen-bond donors (Lipinski definition) is 1. The highest BCUT2D eigenvalue weighted by Crippen LogP contribution is 2.16. The molecular weight excluding hydrogens is 216 g/mol. The number of nitrogens with zero attached hydrogens (tertiary/aromatic N) is 1. The van der Waals surface area contributed by atoms with Crippen LogP contribution in [0.4, 0.5) is 5.82 Å². The second kappa shape index (κ2) is 5.09. The van der Waals surface area contributed by atoms with Gasteiger partial charge >= 0.3 is 0 Å². The van der Waals surface area contributed by atoms with E-state index in [0.29, 0.717) is 19.0 Å². The van der Waals surface area contributed by atoms with E-state index >= 15 is 0 Å². The van der Waals surface area contributed by atoms with Crippen molar-refractivity contribution in [3.8, 4) is 0 Å². The monoisotopic (exact) mass is 230 g/mol. The minimum Gasteiger partial charge on any atom is -0.383 e. The predicted octanol–water partition coefficient (Wildman–Crippen LogP) is 0.543. The van der Waals surface area contributed by atoms with Gasteiger partial charge < -0.3 is 10.1 Å². The summed E-state index contributed by atoms with van der Waals surface area (Å²) >= 11 is 0. The minimum absolute atomic E-state index is 0.209. The Bertz CT molecular complexity index is 417. The van der Waals surface area contributed by atoms with Crippen molar-refractivity contribution in [2.24, 2.45) is 0 Å². The van der Waals surface area contributed by atoms with Gasteiger partial charge in [0.25, 0.3) is 0 Å². The van der Waals surface area contributed by atoms with Crippen molar-refractivity contribution in [1.29, 1.82) is 0 Å². The molecule has 6 heteroatoms. The SMILES string of the molecule is COCCNc1ncccc1S(C)(=O)=O. The maximum Gasteiger partial charge on any atom is 0.179 e. The van der Waals surface area contributed by atoms with Gasteiger partial charge in [0.05, 0.1) is 6.61 Å². The van der Waals surface area contributed by atoms with Crippen LogP contribution in [0.15, 0.2) is 23.2 Å². The first-order chi connectivity index (χ1) is 7.05. The highest BCUT2D eigenvalue weighted by Gasteiger charge is 2.12. The van der Waals surface area contributed by atoms with Gasteiger partial charge in [-0.15, -0.1) is 0 Å². The molecule has 0 aliphatic heterocycles. The van der Waals surface area contributed by atoms with E-state index in [9.17, 15) is 8.42 Å². The topological polar surface area (TPSA) is 68.3 Å². The van der Waals surface area contributed by atoms with Gasteiger partial charge in [0.2, 0.25) is 0 Å². The molecule has 5 nitrogen and oxygen atoms in total. The summed E-state index contributed by atoms with van der Waals surface area (Å²) in [4.78, 5) is 4.18. The highest BCUT2D eigenvalue weighted by molar-refractivity contribution is 7.90. The first-order valence-corrected chi connectivity index (χ1v) is 6.32. The molecule has 15 heavy (non-hydrogen) atoms. The maximum absolute atomic E-state index is 11.4. The van der Waals surface area contributed by atoms with Gasteiger partial charge in [0, 0.05) is 26.1 Å². The zero-order valence-electron chi connectivity index (χ0n) is 8.73. The Kier molecular flexibility index (Phi) is 4.05. The second-order valence-electron chi connectivity index (χ2n) is 3.04. The standard InChI is InChI=1S/C9H14N2O3S/c1-14-7-6-11-9-8(15(2,12)13)4-3-5-10-9/h3-5H,6-7H2,1-2H3,(H,10,11). The fourth-order valence-corrected chi connectivity index (χ4v) is 1.90. The molecule has 1 N–H and O–H groups in total. The van der Waals surface area contributed by atoms with Crippen LogP contribution >= 0.6 is 0 Å². The highest BCUT2D eigenvalue weighted by atomic mass is 32.2. The van der Waals surface area contributed by atoms with Crippen LogP contribution in [0.5, 0.6) is 0 Å². The van der Waals surface area contributed by atoms with Crippen molar-refractivity contribution in [1.82, 2.24) is 4.98 Å². The molecule has 0 spiro atoms. The van der Waals surface area contributed by atoms with Gasteiger partial charge in [-0.25, -0.2) is 13.4 Å². The predicted molar refractivity (Wildman–Crippen MR) is 57.7 cm³/mol. The molecule has 1 aromatic heterocycles. The van der Waals surface area contributed by atoms with Gasteiger partial charge in [-0.1, -0.05) is 0 Å². The largest absolute Gasteiger partial charge is 0.383 e. The van der Waals surface area contributed by atoms with E-state index in [2.05, 4.69) is 10.3 Å². The van der Waals surface area contributed by atoms with Crippen LogP contribution < -0.4 is 5.32 Å². The second-order valence-corrected chi connectivity index (χ2v) is 5.03. The average Bonchev–Trinajstić information content (AvgIpc) is 2.17. The third kappa shape index (κ3) is 3.49. The van der Waals surface area contributed by atoms with E-state index in [1.165, 1.54) is 6.07 Å². The molecule has 0 saturated carbocycles. The molecular formula is C9H14N2O3S. The Morgan fingerprint density at radius 3 is 2.87 bits per heavy atom. The molecule has 0 aromatic carbocycles. The third-order valence-electron chi connectivity index (χ3n) is 1.77. The number of rotatable bonds is 5. The number of nitrogens with one attached hydrogen (secondary N) is 1. The Hall–Kier alpha value is -1.14. The quantitative estimate of drug-likeness (QED) is 0.748. The number of ether oxygens (including phenoxy) is 1. The van der Waals surface area contributed by atoms with Crippen LogP contribution in [-0.2, 0) is 14.6 Å². The molecule has 0 bridgehead atoms. The summed E-state index contributed by atoms with van der Waals surface area (Å²) in [5, 5.41) is 2.91. The number of hydrogen-bond acceptors (Lipinski definition) is 5. The summed E-state index contributed by atoms with van der Waals surface area (Å²) < 4.78 is 27.6. The lowest BCUT2D eigenvalue weighted by atomic mass is 10.4. The Morgan fingerprint density at radius 2 is 2.27 bits per heavy atom. The summed E-state index contributed by atoms with van der Waals surface area (Å²) in [5.74, 6) is 0.372. The molecule has 84 valence electrons. The summed E-state index contributed by atoms with van der Waals surface area (Å²) in [6, 6.07) is 3.12. The Morgan fingerprint density at radius 1 is 1.53 bits per heavy atom. The zero-order chi connectivity index (χ0) is 11.3. The number of pyridine rings is 1. The first-order valence-electron chi connectivity index (χ1n) is 4.43. The van der Waals surface area contributed by atoms with Crippen molar-refractivity contribution in [3.05, 3.63) is 18.3 Å². The average molecular weight is 230 g/mol. The summed E-state index contributed by atoms with van der Waals surface area (Å²) in [7, 11) is -1.66. The van der Waals surface area contributed by atoms with Crippen LogP contribution in [0, 0.1) is 0 Å². The molecule has 1 aromatic rings. The molecule has 0 saturated heterocycles. The lowest BCUT2D eigenvalue weighted by Gasteiger charge is -2.08. The summed E-state index contributed by atoms with van der Waals surface area (Å²) in [5.41, 5.74) is 0. The first kappa shape index (κ1) is 11.9. The van der Waals surface area contributed by atoms with E-state index in [1.54, 1.807) is 19.4 Å². The molecule has 1 rings (SSSR count). The summed E-state index contributed by atoms with van der Waals surface area (Å²) in [6.45, 7) is 1.02. The smallest absolute Gasteiger partial charge is 0.179 e. The maximum atomic E-state index is 11.4. The minimum atomic E-state index is -3.24. The lowest BCUT2D eigenvalue weighted by molar-refractivity contribution is 0.210. The lowest BCUT2D eigenvalue weighted by Crippen LogP contribution is -2.12. The van der Waals surface area contributed by atoms with Crippen LogP contribution in [0.2, 0.25) is 0 Å². The fraction of sp³-hybridized carbons (Fsp3) is 0.444. The van der Waals surface area contributed by atoms with Gasteiger partial charge in [0.1, 0.15) is 10.7 Å². The van der Waals surface area contributed by atoms with E-state index < -0.39 is 9.84 Å². The summed E-state index contributed by atoms with van der Waals surface area (Å²) in [6.07, 6.45) is 2.70. The molecule has 0 radical (unpaired) electrons. The number of sulfone groups is 1. The van der Waals surface area contributed by atoms with Gasteiger partial charge in [-0.05, 0) is 12.1 Å². The van der Waals surface area contributed by atoms with Crippen molar-refractivity contribution < 1.29 is 13.2 Å². The molecule has 0 unspecified atom stereocenters. The van der Waals surface area contributed by atoms with Crippen LogP contribution in [0.3, 0.4) is 0 Å². The van der Waals surface area contributed by atoms with E-state index in [-0.39, 0.29) is 4.90 Å². The number of methoxy groups -OCH3 is 1. The number of anilines is 1. The zero-order valence-corrected chi connectivity index (χ0v) is 9.54. The Labute approximate surface area is 89.4 Å².